The lowest BCUT2D eigenvalue weighted by Crippen LogP contribution is -2.30. The summed E-state index contributed by atoms with van der Waals surface area (Å²) in [5.74, 6) is 1.79. The fourth-order valence-corrected chi connectivity index (χ4v) is 3.03. The maximum absolute atomic E-state index is 4.80. The van der Waals surface area contributed by atoms with Crippen molar-refractivity contribution in [1.82, 2.24) is 10.3 Å². The van der Waals surface area contributed by atoms with Gasteiger partial charge in [0.2, 0.25) is 0 Å². The van der Waals surface area contributed by atoms with E-state index in [1.165, 1.54) is 12.0 Å². The van der Waals surface area contributed by atoms with Gasteiger partial charge in [-0.05, 0) is 37.0 Å². The van der Waals surface area contributed by atoms with Crippen LogP contribution in [0.2, 0.25) is 0 Å². The van der Waals surface area contributed by atoms with Gasteiger partial charge in [0.1, 0.15) is 0 Å². The van der Waals surface area contributed by atoms with Crippen molar-refractivity contribution >= 4 is 16.9 Å². The minimum absolute atomic E-state index is 0.283. The van der Waals surface area contributed by atoms with Gasteiger partial charge in [-0.25, -0.2) is 0 Å². The van der Waals surface area contributed by atoms with Gasteiger partial charge in [0.15, 0.2) is 5.17 Å². The third-order valence-corrected chi connectivity index (χ3v) is 4.19. The van der Waals surface area contributed by atoms with E-state index in [9.17, 15) is 0 Å². The zero-order chi connectivity index (χ0) is 13.0. The van der Waals surface area contributed by atoms with E-state index in [1.54, 1.807) is 0 Å². The first kappa shape index (κ1) is 13.4. The third kappa shape index (κ3) is 3.48. The van der Waals surface area contributed by atoms with E-state index in [2.05, 4.69) is 31.1 Å². The molecule has 0 saturated carbocycles. The Balaban J connectivity index is 2.01. The highest BCUT2D eigenvalue weighted by molar-refractivity contribution is 8.13. The fourth-order valence-electron chi connectivity index (χ4n) is 2.01. The highest BCUT2D eigenvalue weighted by Gasteiger charge is 2.19. The molecule has 1 aliphatic rings. The van der Waals surface area contributed by atoms with Crippen LogP contribution in [-0.2, 0) is 0 Å². The first-order valence-corrected chi connectivity index (χ1v) is 7.52. The molecule has 2 unspecified atom stereocenters. The van der Waals surface area contributed by atoms with Gasteiger partial charge in [0.05, 0.1) is 12.1 Å². The second-order valence-corrected chi connectivity index (χ2v) is 6.11. The van der Waals surface area contributed by atoms with Crippen LogP contribution in [0.1, 0.15) is 38.8 Å². The number of nitrogens with zero attached hydrogens (tertiary/aromatic N) is 2. The van der Waals surface area contributed by atoms with E-state index in [-0.39, 0.29) is 6.04 Å². The van der Waals surface area contributed by atoms with E-state index in [1.807, 2.05) is 36.3 Å². The maximum atomic E-state index is 4.80. The summed E-state index contributed by atoms with van der Waals surface area (Å²) in [7, 11) is 0. The molecule has 1 aromatic rings. The first-order valence-electron chi connectivity index (χ1n) is 6.54. The molecule has 0 fully saturated rings. The van der Waals surface area contributed by atoms with Crippen LogP contribution in [0.5, 0.6) is 0 Å². The highest BCUT2D eigenvalue weighted by Crippen LogP contribution is 2.23. The zero-order valence-corrected chi connectivity index (χ0v) is 12.1. The zero-order valence-electron chi connectivity index (χ0n) is 11.3. The van der Waals surface area contributed by atoms with E-state index in [0.717, 1.165) is 10.9 Å². The molecule has 0 amide bonds. The Labute approximate surface area is 113 Å². The van der Waals surface area contributed by atoms with Crippen LogP contribution in [0.3, 0.4) is 0 Å². The Hall–Kier alpha value is -1.03. The molecular formula is C14H21N3S. The lowest BCUT2D eigenvalue weighted by molar-refractivity contribution is 0.482. The second kappa shape index (κ2) is 6.23. The van der Waals surface area contributed by atoms with Crippen molar-refractivity contribution in [1.29, 1.82) is 0 Å². The van der Waals surface area contributed by atoms with Gasteiger partial charge >= 0.3 is 0 Å². The smallest absolute Gasteiger partial charge is 0.157 e. The predicted octanol–water partition coefficient (Wildman–Crippen LogP) is 3.25. The monoisotopic (exact) mass is 263 g/mol. The standard InChI is InChI=1S/C14H21N3S/c1-10(2)13-6-9-18-14(17-13)16-11(3)12-4-7-15-8-5-12/h4-5,7-8,10-11,13H,6,9H2,1-3H3,(H,16,17). The largest absolute Gasteiger partial charge is 0.358 e. The molecule has 0 bridgehead atoms. The number of amidine groups is 1. The van der Waals surface area contributed by atoms with Gasteiger partial charge in [-0.15, -0.1) is 0 Å². The Kier molecular flexibility index (Phi) is 4.64. The molecule has 0 saturated heterocycles. The number of aliphatic imine (C=N–C) groups is 1. The summed E-state index contributed by atoms with van der Waals surface area (Å²) in [6, 6.07) is 4.85. The Morgan fingerprint density at radius 2 is 2.00 bits per heavy atom. The number of aromatic nitrogens is 1. The van der Waals surface area contributed by atoms with E-state index < -0.39 is 0 Å². The molecule has 2 atom stereocenters. The summed E-state index contributed by atoms with van der Waals surface area (Å²) in [4.78, 5) is 8.85. The van der Waals surface area contributed by atoms with Crippen molar-refractivity contribution in [3.63, 3.8) is 0 Å². The van der Waals surface area contributed by atoms with Crippen molar-refractivity contribution in [2.24, 2.45) is 10.9 Å². The molecule has 0 aromatic carbocycles. The molecule has 4 heteroatoms. The number of hydrogen-bond donors (Lipinski definition) is 1. The summed E-state index contributed by atoms with van der Waals surface area (Å²) in [6.45, 7) is 6.65. The Bertz CT molecular complexity index is 403. The van der Waals surface area contributed by atoms with Gasteiger partial charge in [-0.3, -0.25) is 9.98 Å². The van der Waals surface area contributed by atoms with E-state index in [4.69, 9.17) is 4.99 Å². The van der Waals surface area contributed by atoms with Gasteiger partial charge in [-0.2, -0.15) is 0 Å². The van der Waals surface area contributed by atoms with Crippen LogP contribution >= 0.6 is 11.8 Å². The molecule has 2 rings (SSSR count). The Morgan fingerprint density at radius 3 is 2.67 bits per heavy atom. The number of nitrogens with one attached hydrogen (secondary N) is 1. The molecule has 0 spiro atoms. The van der Waals surface area contributed by atoms with Crippen LogP contribution in [0.4, 0.5) is 0 Å². The van der Waals surface area contributed by atoms with Gasteiger partial charge in [-0.1, -0.05) is 25.6 Å². The van der Waals surface area contributed by atoms with Crippen molar-refractivity contribution in [2.45, 2.75) is 39.3 Å². The lowest BCUT2D eigenvalue weighted by Gasteiger charge is -2.25. The van der Waals surface area contributed by atoms with Crippen molar-refractivity contribution in [3.05, 3.63) is 30.1 Å². The van der Waals surface area contributed by atoms with Crippen LogP contribution in [0.15, 0.2) is 29.5 Å². The second-order valence-electron chi connectivity index (χ2n) is 5.03. The van der Waals surface area contributed by atoms with Crippen molar-refractivity contribution < 1.29 is 0 Å². The number of thioether (sulfide) groups is 1. The van der Waals surface area contributed by atoms with E-state index >= 15 is 0 Å². The van der Waals surface area contributed by atoms with Gasteiger partial charge in [0.25, 0.3) is 0 Å². The molecule has 98 valence electrons. The molecule has 18 heavy (non-hydrogen) atoms. The average molecular weight is 263 g/mol. The van der Waals surface area contributed by atoms with Crippen molar-refractivity contribution in [2.75, 3.05) is 5.75 Å². The topological polar surface area (TPSA) is 37.3 Å². The molecule has 2 heterocycles. The quantitative estimate of drug-likeness (QED) is 0.909. The minimum atomic E-state index is 0.283. The summed E-state index contributed by atoms with van der Waals surface area (Å²) in [6.07, 6.45) is 4.86. The fraction of sp³-hybridized carbons (Fsp3) is 0.571. The minimum Gasteiger partial charge on any atom is -0.358 e. The van der Waals surface area contributed by atoms with Crippen LogP contribution in [0.25, 0.3) is 0 Å². The highest BCUT2D eigenvalue weighted by atomic mass is 32.2. The van der Waals surface area contributed by atoms with Crippen LogP contribution in [0, 0.1) is 5.92 Å². The number of hydrogen-bond acceptors (Lipinski definition) is 4. The van der Waals surface area contributed by atoms with Gasteiger partial charge < -0.3 is 5.32 Å². The number of rotatable bonds is 3. The van der Waals surface area contributed by atoms with Gasteiger partial charge in [0, 0.05) is 18.1 Å². The molecular weight excluding hydrogens is 242 g/mol. The predicted molar refractivity (Wildman–Crippen MR) is 78.9 cm³/mol. The molecule has 1 N–H and O–H groups in total. The van der Waals surface area contributed by atoms with Crippen molar-refractivity contribution in [3.8, 4) is 0 Å². The number of pyridine rings is 1. The summed E-state index contributed by atoms with van der Waals surface area (Å²) in [5.41, 5.74) is 1.25. The molecule has 3 nitrogen and oxygen atoms in total. The Morgan fingerprint density at radius 1 is 1.28 bits per heavy atom. The normalized spacial score (nSPS) is 21.6. The molecule has 1 aromatic heterocycles. The molecule has 0 radical (unpaired) electrons. The SMILES string of the molecule is CC(NC1=NC(C(C)C)CCS1)c1ccncc1. The molecule has 1 aliphatic heterocycles. The summed E-state index contributed by atoms with van der Waals surface area (Å²) in [5, 5.41) is 4.59. The van der Waals surface area contributed by atoms with E-state index in [0.29, 0.717) is 12.0 Å². The van der Waals surface area contributed by atoms with Crippen LogP contribution < -0.4 is 5.32 Å². The molecule has 0 aliphatic carbocycles. The average Bonchev–Trinajstić information content (AvgIpc) is 2.40. The first-order chi connectivity index (χ1) is 8.66. The summed E-state index contributed by atoms with van der Waals surface area (Å²) >= 11 is 1.83. The summed E-state index contributed by atoms with van der Waals surface area (Å²) < 4.78 is 0. The third-order valence-electron chi connectivity index (χ3n) is 3.25. The van der Waals surface area contributed by atoms with Crippen LogP contribution in [-0.4, -0.2) is 21.9 Å². The maximum Gasteiger partial charge on any atom is 0.157 e. The lowest BCUT2D eigenvalue weighted by atomic mass is 10.0.